The Kier molecular flexibility index (Phi) is 12.2. The Morgan fingerprint density at radius 1 is 1.21 bits per heavy atom. The molecule has 3 N–H and O–H groups in total. The molecule has 1 heterocycles. The van der Waals surface area contributed by atoms with E-state index in [-0.39, 0.29) is 47.6 Å². The molecule has 1 unspecified atom stereocenters. The van der Waals surface area contributed by atoms with Gasteiger partial charge in [0.1, 0.15) is 5.70 Å². The third-order valence-corrected chi connectivity index (χ3v) is 8.22. The van der Waals surface area contributed by atoms with Gasteiger partial charge in [-0.25, -0.2) is 0 Å². The molecule has 1 amide bonds. The molecule has 2 aromatic rings. The predicted molar refractivity (Wildman–Crippen MR) is 156 cm³/mol. The first-order valence-electron chi connectivity index (χ1n) is 13.1. The van der Waals surface area contributed by atoms with E-state index >= 15 is 0 Å². The van der Waals surface area contributed by atoms with Crippen molar-refractivity contribution in [2.75, 3.05) is 13.2 Å². The molecule has 228 valence electrons. The molecule has 1 aliphatic rings. The Hall–Kier alpha value is -2.67. The second kappa shape index (κ2) is 15.2. The summed E-state index contributed by atoms with van der Waals surface area (Å²) in [5, 5.41) is 21.3. The fourth-order valence-corrected chi connectivity index (χ4v) is 5.78. The average molecular weight is 694 g/mol. The van der Waals surface area contributed by atoms with Crippen LogP contribution in [-0.2, 0) is 20.9 Å². The normalized spacial score (nSPS) is 18.5. The number of carbonyl (C=O) groups excluding carboxylic acids is 2. The lowest BCUT2D eigenvalue weighted by molar-refractivity contribution is -0.149. The van der Waals surface area contributed by atoms with Crippen LogP contribution < -0.4 is 5.32 Å². The standard InChI is InChI=1S/C28H30BrCl2F3N4O4/c1-2-42-27(41)16-7-9-18(10-8-16)37-25(28(32,33)34)19(11-35)26(40)38(14-17-5-3-4-6-20(17)29)15-23(39)24-21(30)12-36-13-22(24)31/h3-6,11-13,16,18,23,35,37,39H,2,7-10,14-15H2,1H3/b25-19+,35-11?/t16-,18-,23?. The second-order valence-electron chi connectivity index (χ2n) is 9.69. The summed E-state index contributed by atoms with van der Waals surface area (Å²) in [6.45, 7) is 1.20. The number of pyridine rings is 1. The Morgan fingerprint density at radius 3 is 2.38 bits per heavy atom. The van der Waals surface area contributed by atoms with Gasteiger partial charge in [-0.1, -0.05) is 57.3 Å². The van der Waals surface area contributed by atoms with Crippen molar-refractivity contribution < 1.29 is 32.6 Å². The van der Waals surface area contributed by atoms with Crippen LogP contribution in [0.15, 0.2) is 52.4 Å². The summed E-state index contributed by atoms with van der Waals surface area (Å²) in [6.07, 6.45) is -2.51. The number of aliphatic hydroxyl groups excluding tert-OH is 1. The lowest BCUT2D eigenvalue weighted by Crippen LogP contribution is -2.43. The largest absolute Gasteiger partial charge is 0.466 e. The Bertz CT molecular complexity index is 1300. The molecule has 0 aliphatic heterocycles. The fourth-order valence-electron chi connectivity index (χ4n) is 4.75. The van der Waals surface area contributed by atoms with E-state index in [9.17, 15) is 27.9 Å². The smallest absolute Gasteiger partial charge is 0.431 e. The van der Waals surface area contributed by atoms with Crippen LogP contribution in [0.4, 0.5) is 13.2 Å². The van der Waals surface area contributed by atoms with Crippen LogP contribution in [0.2, 0.25) is 10.0 Å². The summed E-state index contributed by atoms with van der Waals surface area (Å²) in [5.41, 5.74) is -1.69. The van der Waals surface area contributed by atoms with Crippen molar-refractivity contribution in [2.24, 2.45) is 5.92 Å². The van der Waals surface area contributed by atoms with Crippen LogP contribution in [0.3, 0.4) is 0 Å². The highest BCUT2D eigenvalue weighted by atomic mass is 79.9. The number of nitrogens with zero attached hydrogens (tertiary/aromatic N) is 2. The first-order valence-corrected chi connectivity index (χ1v) is 14.7. The van der Waals surface area contributed by atoms with Crippen LogP contribution in [0.1, 0.15) is 49.8 Å². The maximum absolute atomic E-state index is 14.4. The van der Waals surface area contributed by atoms with Gasteiger partial charge in [0.05, 0.1) is 40.8 Å². The highest BCUT2D eigenvalue weighted by Crippen LogP contribution is 2.33. The van der Waals surface area contributed by atoms with Crippen LogP contribution in [0.25, 0.3) is 0 Å². The molecule has 1 saturated carbocycles. The minimum atomic E-state index is -5.00. The van der Waals surface area contributed by atoms with E-state index in [4.69, 9.17) is 33.3 Å². The number of hydrogen-bond acceptors (Lipinski definition) is 7. The maximum atomic E-state index is 14.4. The van der Waals surface area contributed by atoms with Crippen LogP contribution in [0.5, 0.6) is 0 Å². The first kappa shape index (κ1) is 33.8. The van der Waals surface area contributed by atoms with Crippen molar-refractivity contribution in [2.45, 2.75) is 57.5 Å². The first-order chi connectivity index (χ1) is 19.9. The summed E-state index contributed by atoms with van der Waals surface area (Å²) < 4.78 is 48.8. The number of aliphatic hydroxyl groups is 1. The molecular formula is C28H30BrCl2F3N4O4. The van der Waals surface area contributed by atoms with E-state index in [1.165, 1.54) is 12.4 Å². The van der Waals surface area contributed by atoms with Crippen molar-refractivity contribution in [3.8, 4) is 0 Å². The van der Waals surface area contributed by atoms with Gasteiger partial charge in [0, 0.05) is 41.2 Å². The molecule has 0 bridgehead atoms. The molecular weight excluding hydrogens is 664 g/mol. The van der Waals surface area contributed by atoms with E-state index in [2.05, 4.69) is 26.2 Å². The summed E-state index contributed by atoms with van der Waals surface area (Å²) in [5.74, 6) is -1.92. The molecule has 3 rings (SSSR count). The van der Waals surface area contributed by atoms with Gasteiger partial charge in [-0.15, -0.1) is 0 Å². The molecule has 1 atom stereocenters. The molecule has 0 spiro atoms. The van der Waals surface area contributed by atoms with Gasteiger partial charge in [0.2, 0.25) is 0 Å². The lowest BCUT2D eigenvalue weighted by atomic mass is 9.86. The molecule has 1 fully saturated rings. The minimum absolute atomic E-state index is 0.0159. The number of allylic oxidation sites excluding steroid dienone is 1. The maximum Gasteiger partial charge on any atom is 0.431 e. The number of carbonyl (C=O) groups is 2. The van der Waals surface area contributed by atoms with Gasteiger partial charge in [-0.05, 0) is 44.2 Å². The highest BCUT2D eigenvalue weighted by Gasteiger charge is 2.41. The SMILES string of the molecule is CCOC(=O)[C@H]1CC[C@H](N/C(=C(\C=N)C(=O)N(Cc2ccccc2Br)CC(O)c2c(Cl)cncc2Cl)C(F)(F)F)CC1. The number of benzene rings is 1. The minimum Gasteiger partial charge on any atom is -0.466 e. The number of hydrogen-bond donors (Lipinski definition) is 3. The van der Waals surface area contributed by atoms with Gasteiger partial charge in [0.25, 0.3) is 5.91 Å². The van der Waals surface area contributed by atoms with E-state index in [1.807, 2.05) is 0 Å². The Morgan fingerprint density at radius 2 is 1.83 bits per heavy atom. The molecule has 1 aromatic heterocycles. The van der Waals surface area contributed by atoms with Crippen molar-refractivity contribution in [1.82, 2.24) is 15.2 Å². The number of nitrogens with one attached hydrogen (secondary N) is 2. The average Bonchev–Trinajstić information content (AvgIpc) is 2.93. The predicted octanol–water partition coefficient (Wildman–Crippen LogP) is 6.39. The topological polar surface area (TPSA) is 116 Å². The van der Waals surface area contributed by atoms with E-state index in [0.717, 1.165) is 4.90 Å². The Labute approximate surface area is 259 Å². The molecule has 14 heteroatoms. The molecule has 42 heavy (non-hydrogen) atoms. The lowest BCUT2D eigenvalue weighted by Gasteiger charge is -2.32. The van der Waals surface area contributed by atoms with E-state index in [1.54, 1.807) is 31.2 Å². The van der Waals surface area contributed by atoms with Crippen LogP contribution in [-0.4, -0.2) is 58.5 Å². The van der Waals surface area contributed by atoms with Crippen LogP contribution >= 0.6 is 39.1 Å². The molecule has 0 radical (unpaired) electrons. The molecule has 1 aliphatic carbocycles. The number of esters is 1. The summed E-state index contributed by atoms with van der Waals surface area (Å²) in [6, 6.07) is 6.11. The van der Waals surface area contributed by atoms with E-state index < -0.39 is 48.0 Å². The monoisotopic (exact) mass is 692 g/mol. The number of ether oxygens (including phenoxy) is 1. The summed E-state index contributed by atoms with van der Waals surface area (Å²) in [4.78, 5) is 30.7. The molecule has 8 nitrogen and oxygen atoms in total. The second-order valence-corrected chi connectivity index (χ2v) is 11.4. The van der Waals surface area contributed by atoms with Gasteiger partial charge < -0.3 is 25.5 Å². The number of aromatic nitrogens is 1. The number of alkyl halides is 3. The third-order valence-electron chi connectivity index (χ3n) is 6.85. The molecule has 1 aromatic carbocycles. The third kappa shape index (κ3) is 8.68. The van der Waals surface area contributed by atoms with Gasteiger partial charge in [-0.2, -0.15) is 13.2 Å². The van der Waals surface area contributed by atoms with E-state index in [0.29, 0.717) is 29.1 Å². The van der Waals surface area contributed by atoms with Crippen molar-refractivity contribution in [3.63, 3.8) is 0 Å². The van der Waals surface area contributed by atoms with Crippen molar-refractivity contribution in [1.29, 1.82) is 5.41 Å². The summed E-state index contributed by atoms with van der Waals surface area (Å²) >= 11 is 15.7. The zero-order valence-corrected chi connectivity index (χ0v) is 25.7. The zero-order chi connectivity index (χ0) is 31.0. The van der Waals surface area contributed by atoms with Crippen molar-refractivity contribution >= 4 is 57.2 Å². The number of rotatable bonds is 11. The van der Waals surface area contributed by atoms with Gasteiger partial charge in [0.15, 0.2) is 0 Å². The van der Waals surface area contributed by atoms with Gasteiger partial charge in [-0.3, -0.25) is 14.6 Å². The summed E-state index contributed by atoms with van der Waals surface area (Å²) in [7, 11) is 0. The number of amides is 1. The Balaban J connectivity index is 1.96. The number of halogens is 6. The fraction of sp³-hybridized carbons (Fsp3) is 0.429. The van der Waals surface area contributed by atoms with Crippen LogP contribution in [0, 0.1) is 11.3 Å². The zero-order valence-electron chi connectivity index (χ0n) is 22.6. The van der Waals surface area contributed by atoms with Crippen molar-refractivity contribution in [3.05, 3.63) is 73.6 Å². The highest BCUT2D eigenvalue weighted by molar-refractivity contribution is 9.10. The molecule has 0 saturated heterocycles. The van der Waals surface area contributed by atoms with Gasteiger partial charge >= 0.3 is 12.1 Å². The quantitative estimate of drug-likeness (QED) is 0.143.